The van der Waals surface area contributed by atoms with Gasteiger partial charge in [0, 0.05) is 17.4 Å². The molecule has 3 heteroatoms. The average Bonchev–Trinajstić information content (AvgIpc) is 2.96. The molecular formula is C17H24O2S. The van der Waals surface area contributed by atoms with Gasteiger partial charge in [0.25, 0.3) is 0 Å². The topological polar surface area (TPSA) is 26.3 Å². The minimum absolute atomic E-state index is 0.0294. The summed E-state index contributed by atoms with van der Waals surface area (Å²) in [6.07, 6.45) is 9.04. The molecule has 0 aromatic carbocycles. The lowest BCUT2D eigenvalue weighted by atomic mass is 9.75. The lowest BCUT2D eigenvalue weighted by molar-refractivity contribution is -0.111. The highest BCUT2D eigenvalue weighted by Crippen LogP contribution is 2.41. The first-order valence-corrected chi connectivity index (χ1v) is 8.81. The Bertz CT molecular complexity index is 466. The summed E-state index contributed by atoms with van der Waals surface area (Å²) >= 11 is 1.68. The van der Waals surface area contributed by atoms with Crippen molar-refractivity contribution in [3.8, 4) is 0 Å². The number of carbonyl (C=O) groups excluding carboxylic acids is 1. The lowest BCUT2D eigenvalue weighted by Crippen LogP contribution is -2.43. The van der Waals surface area contributed by atoms with Crippen LogP contribution in [0.5, 0.6) is 0 Å². The second kappa shape index (κ2) is 5.98. The monoisotopic (exact) mass is 292 g/mol. The predicted octanol–water partition coefficient (Wildman–Crippen LogP) is 4.62. The molecule has 0 amide bonds. The maximum atomic E-state index is 12.7. The quantitative estimate of drug-likeness (QED) is 0.760. The Hall–Kier alpha value is -0.670. The second-order valence-electron chi connectivity index (χ2n) is 6.27. The summed E-state index contributed by atoms with van der Waals surface area (Å²) in [5.74, 6) is 0.549. The zero-order valence-corrected chi connectivity index (χ0v) is 13.1. The Labute approximate surface area is 125 Å². The summed E-state index contributed by atoms with van der Waals surface area (Å²) in [5, 5.41) is 0. The number of Topliss-reactive ketones (excluding diaryl/α,β-unsaturated/α-hetero) is 1. The fourth-order valence-electron chi connectivity index (χ4n) is 3.70. The number of aryl methyl sites for hydroxylation is 1. The SMILES string of the molecule is CCc1ccc(C(=O)C2CCOC3(CCCCC3)C2)s1. The summed E-state index contributed by atoms with van der Waals surface area (Å²) in [5.41, 5.74) is 0.0294. The Morgan fingerprint density at radius 2 is 2.15 bits per heavy atom. The van der Waals surface area contributed by atoms with Crippen molar-refractivity contribution in [3.05, 3.63) is 21.9 Å². The third kappa shape index (κ3) is 2.84. The molecule has 2 nitrogen and oxygen atoms in total. The average molecular weight is 292 g/mol. The molecule has 1 atom stereocenters. The molecule has 1 aromatic heterocycles. The summed E-state index contributed by atoms with van der Waals surface area (Å²) in [6, 6.07) is 4.13. The van der Waals surface area contributed by atoms with Gasteiger partial charge in [-0.3, -0.25) is 4.79 Å². The number of hydrogen-bond acceptors (Lipinski definition) is 3. The van der Waals surface area contributed by atoms with Crippen LogP contribution in [0.1, 0.15) is 66.4 Å². The molecule has 0 bridgehead atoms. The van der Waals surface area contributed by atoms with E-state index in [1.165, 1.54) is 24.1 Å². The highest BCUT2D eigenvalue weighted by atomic mass is 32.1. The third-order valence-electron chi connectivity index (χ3n) is 4.88. The molecule has 2 aliphatic rings. The van der Waals surface area contributed by atoms with Gasteiger partial charge in [0.1, 0.15) is 0 Å². The van der Waals surface area contributed by atoms with Crippen LogP contribution >= 0.6 is 11.3 Å². The van der Waals surface area contributed by atoms with E-state index in [9.17, 15) is 4.79 Å². The summed E-state index contributed by atoms with van der Waals surface area (Å²) in [7, 11) is 0. The van der Waals surface area contributed by atoms with Gasteiger partial charge in [-0.25, -0.2) is 0 Å². The van der Waals surface area contributed by atoms with E-state index in [1.807, 2.05) is 6.07 Å². The molecule has 1 saturated heterocycles. The van der Waals surface area contributed by atoms with Crippen molar-refractivity contribution < 1.29 is 9.53 Å². The van der Waals surface area contributed by atoms with Crippen LogP contribution in [0.4, 0.5) is 0 Å². The maximum Gasteiger partial charge on any atom is 0.176 e. The van der Waals surface area contributed by atoms with Gasteiger partial charge in [-0.15, -0.1) is 11.3 Å². The van der Waals surface area contributed by atoms with Crippen molar-refractivity contribution in [2.24, 2.45) is 5.92 Å². The highest BCUT2D eigenvalue weighted by Gasteiger charge is 2.40. The third-order valence-corrected chi connectivity index (χ3v) is 6.13. The summed E-state index contributed by atoms with van der Waals surface area (Å²) in [6.45, 7) is 2.91. The number of carbonyl (C=O) groups is 1. The van der Waals surface area contributed by atoms with Crippen molar-refractivity contribution in [2.45, 2.75) is 63.9 Å². The molecule has 2 fully saturated rings. The number of thiophene rings is 1. The van der Waals surface area contributed by atoms with Crippen molar-refractivity contribution in [3.63, 3.8) is 0 Å². The molecule has 1 spiro atoms. The Morgan fingerprint density at radius 1 is 1.35 bits per heavy atom. The molecule has 1 saturated carbocycles. The molecular weight excluding hydrogens is 268 g/mol. The predicted molar refractivity (Wildman–Crippen MR) is 82.5 cm³/mol. The van der Waals surface area contributed by atoms with E-state index in [-0.39, 0.29) is 11.5 Å². The number of hydrogen-bond donors (Lipinski definition) is 0. The van der Waals surface area contributed by atoms with E-state index in [2.05, 4.69) is 13.0 Å². The Balaban J connectivity index is 1.71. The lowest BCUT2D eigenvalue weighted by Gasteiger charge is -2.43. The maximum absolute atomic E-state index is 12.7. The molecule has 110 valence electrons. The molecule has 1 aromatic rings. The molecule has 2 heterocycles. The highest BCUT2D eigenvalue weighted by molar-refractivity contribution is 7.14. The van der Waals surface area contributed by atoms with Gasteiger partial charge in [-0.1, -0.05) is 26.2 Å². The molecule has 1 aliphatic heterocycles. The fourth-order valence-corrected chi connectivity index (χ4v) is 4.66. The second-order valence-corrected chi connectivity index (χ2v) is 7.43. The van der Waals surface area contributed by atoms with E-state index < -0.39 is 0 Å². The van der Waals surface area contributed by atoms with Gasteiger partial charge in [-0.2, -0.15) is 0 Å². The fraction of sp³-hybridized carbons (Fsp3) is 0.706. The van der Waals surface area contributed by atoms with Crippen LogP contribution in [0, 0.1) is 5.92 Å². The number of rotatable bonds is 3. The van der Waals surface area contributed by atoms with Crippen molar-refractivity contribution >= 4 is 17.1 Å². The van der Waals surface area contributed by atoms with Crippen molar-refractivity contribution in [1.29, 1.82) is 0 Å². The minimum Gasteiger partial charge on any atom is -0.375 e. The van der Waals surface area contributed by atoms with Crippen LogP contribution in [0.25, 0.3) is 0 Å². The van der Waals surface area contributed by atoms with Gasteiger partial charge < -0.3 is 4.74 Å². The van der Waals surface area contributed by atoms with Gasteiger partial charge in [-0.05, 0) is 44.2 Å². The molecule has 3 rings (SSSR count). The van der Waals surface area contributed by atoms with E-state index in [1.54, 1.807) is 11.3 Å². The largest absolute Gasteiger partial charge is 0.375 e. The van der Waals surface area contributed by atoms with Crippen LogP contribution in [0.2, 0.25) is 0 Å². The van der Waals surface area contributed by atoms with Crippen molar-refractivity contribution in [1.82, 2.24) is 0 Å². The van der Waals surface area contributed by atoms with Crippen LogP contribution in [0.15, 0.2) is 12.1 Å². The zero-order valence-electron chi connectivity index (χ0n) is 12.3. The summed E-state index contributed by atoms with van der Waals surface area (Å²) < 4.78 is 6.10. The molecule has 1 aliphatic carbocycles. The van der Waals surface area contributed by atoms with E-state index in [4.69, 9.17) is 4.74 Å². The number of ether oxygens (including phenoxy) is 1. The first-order chi connectivity index (χ1) is 9.72. The first-order valence-electron chi connectivity index (χ1n) is 7.99. The van der Waals surface area contributed by atoms with Crippen LogP contribution in [-0.2, 0) is 11.2 Å². The zero-order chi connectivity index (χ0) is 14.0. The first kappa shape index (κ1) is 14.3. The molecule has 1 unspecified atom stereocenters. The van der Waals surface area contributed by atoms with Gasteiger partial charge in [0.15, 0.2) is 5.78 Å². The number of ketones is 1. The van der Waals surface area contributed by atoms with Crippen LogP contribution in [-0.4, -0.2) is 18.0 Å². The smallest absolute Gasteiger partial charge is 0.176 e. The summed E-state index contributed by atoms with van der Waals surface area (Å²) in [4.78, 5) is 15.0. The van der Waals surface area contributed by atoms with Crippen molar-refractivity contribution in [2.75, 3.05) is 6.61 Å². The van der Waals surface area contributed by atoms with Gasteiger partial charge in [0.2, 0.25) is 0 Å². The normalized spacial score (nSPS) is 25.8. The minimum atomic E-state index is 0.0294. The van der Waals surface area contributed by atoms with Gasteiger partial charge in [0.05, 0.1) is 10.5 Å². The Morgan fingerprint density at radius 3 is 2.85 bits per heavy atom. The molecule has 20 heavy (non-hydrogen) atoms. The standard InChI is InChI=1S/C17H24O2S/c1-2-14-6-7-15(20-14)16(18)13-8-11-19-17(12-13)9-4-3-5-10-17/h6-7,13H,2-5,8-12H2,1H3. The van der Waals surface area contributed by atoms with E-state index in [0.29, 0.717) is 5.78 Å². The van der Waals surface area contributed by atoms with E-state index in [0.717, 1.165) is 43.6 Å². The van der Waals surface area contributed by atoms with Crippen LogP contribution in [0.3, 0.4) is 0 Å². The Kier molecular flexibility index (Phi) is 4.27. The molecule has 0 N–H and O–H groups in total. The molecule has 0 radical (unpaired) electrons. The van der Waals surface area contributed by atoms with E-state index >= 15 is 0 Å². The van der Waals surface area contributed by atoms with Crippen LogP contribution < -0.4 is 0 Å². The van der Waals surface area contributed by atoms with Gasteiger partial charge >= 0.3 is 0 Å².